The van der Waals surface area contributed by atoms with Crippen molar-refractivity contribution in [2.75, 3.05) is 13.1 Å². The smallest absolute Gasteiger partial charge is 0.279 e. The Morgan fingerprint density at radius 3 is 2.54 bits per heavy atom. The summed E-state index contributed by atoms with van der Waals surface area (Å²) < 4.78 is 1.34. The zero-order valence-corrected chi connectivity index (χ0v) is 15.4. The Morgan fingerprint density at radius 1 is 1.12 bits per heavy atom. The highest BCUT2D eigenvalue weighted by Crippen LogP contribution is 2.26. The van der Waals surface area contributed by atoms with E-state index in [-0.39, 0.29) is 11.5 Å². The van der Waals surface area contributed by atoms with Crippen LogP contribution in [0.25, 0.3) is 17.0 Å². The number of nitrogens with one attached hydrogen (secondary N) is 1. The molecule has 0 amide bonds. The summed E-state index contributed by atoms with van der Waals surface area (Å²) in [6, 6.07) is 8.54. The Balaban J connectivity index is 1.68. The molecule has 0 saturated carbocycles. The van der Waals surface area contributed by atoms with Crippen LogP contribution >= 0.6 is 0 Å². The van der Waals surface area contributed by atoms with Crippen LogP contribution in [-0.4, -0.2) is 37.6 Å². The van der Waals surface area contributed by atoms with Gasteiger partial charge in [0, 0.05) is 12.1 Å². The lowest BCUT2D eigenvalue weighted by molar-refractivity contribution is 0.221. The van der Waals surface area contributed by atoms with E-state index in [1.807, 2.05) is 13.8 Å². The van der Waals surface area contributed by atoms with Gasteiger partial charge in [0.1, 0.15) is 6.33 Å². The molecule has 6 heteroatoms. The number of aromatic amines is 1. The second-order valence-electron chi connectivity index (χ2n) is 7.40. The molecule has 0 unspecified atom stereocenters. The molecule has 1 aliphatic rings. The van der Waals surface area contributed by atoms with E-state index in [4.69, 9.17) is 0 Å². The van der Waals surface area contributed by atoms with Crippen molar-refractivity contribution in [2.24, 2.45) is 0 Å². The summed E-state index contributed by atoms with van der Waals surface area (Å²) in [5.74, 6) is 0.571. The van der Waals surface area contributed by atoms with Crippen LogP contribution in [0.3, 0.4) is 0 Å². The van der Waals surface area contributed by atoms with Gasteiger partial charge in [-0.3, -0.25) is 9.69 Å². The number of benzene rings is 1. The van der Waals surface area contributed by atoms with Crippen LogP contribution in [0.2, 0.25) is 0 Å². The van der Waals surface area contributed by atoms with Crippen LogP contribution in [0, 0.1) is 0 Å². The highest BCUT2D eigenvalue weighted by molar-refractivity contribution is 5.65. The third kappa shape index (κ3) is 3.17. The fraction of sp³-hybridized carbons (Fsp3) is 0.450. The molecule has 4 rings (SSSR count). The molecule has 1 aliphatic heterocycles. The molecular weight excluding hydrogens is 326 g/mol. The monoisotopic (exact) mass is 351 g/mol. The maximum absolute atomic E-state index is 12.8. The van der Waals surface area contributed by atoms with Crippen molar-refractivity contribution in [3.8, 4) is 11.3 Å². The fourth-order valence-electron chi connectivity index (χ4n) is 3.79. The molecule has 0 spiro atoms. The van der Waals surface area contributed by atoms with Gasteiger partial charge in [-0.2, -0.15) is 14.6 Å². The van der Waals surface area contributed by atoms with Gasteiger partial charge in [-0.15, -0.1) is 0 Å². The predicted octanol–water partition coefficient (Wildman–Crippen LogP) is 3.19. The topological polar surface area (TPSA) is 66.3 Å². The van der Waals surface area contributed by atoms with E-state index in [0.717, 1.165) is 23.4 Å². The van der Waals surface area contributed by atoms with E-state index in [2.05, 4.69) is 44.2 Å². The second-order valence-corrected chi connectivity index (χ2v) is 7.40. The Hall–Kier alpha value is -2.47. The van der Waals surface area contributed by atoms with Gasteiger partial charge in [-0.05, 0) is 43.0 Å². The van der Waals surface area contributed by atoms with E-state index < -0.39 is 0 Å². The van der Waals surface area contributed by atoms with Crippen LogP contribution in [0.4, 0.5) is 0 Å². The Morgan fingerprint density at radius 2 is 1.85 bits per heavy atom. The Labute approximate surface area is 152 Å². The SMILES string of the molecule is CC(C)c1c(-c2ccc(CN3CCCCC3)cc2)[nH]c2ncnn2c1=O. The first-order valence-corrected chi connectivity index (χ1v) is 9.41. The standard InChI is InChI=1S/C20H25N5O/c1-14(2)17-18(23-20-21-13-22-25(20)19(17)26)16-8-6-15(7-9-16)12-24-10-4-3-5-11-24/h6-9,13-14H,3-5,10-12H2,1-2H3,(H,21,22,23). The summed E-state index contributed by atoms with van der Waals surface area (Å²) in [5.41, 5.74) is 3.81. The minimum Gasteiger partial charge on any atom is -0.323 e. The normalized spacial score (nSPS) is 15.8. The number of aromatic nitrogens is 4. The number of rotatable bonds is 4. The molecule has 1 fully saturated rings. The largest absolute Gasteiger partial charge is 0.323 e. The zero-order valence-electron chi connectivity index (χ0n) is 15.4. The van der Waals surface area contributed by atoms with Gasteiger partial charge in [-0.1, -0.05) is 44.5 Å². The molecule has 6 nitrogen and oxygen atoms in total. The van der Waals surface area contributed by atoms with Crippen LogP contribution < -0.4 is 5.56 Å². The van der Waals surface area contributed by atoms with Crippen molar-refractivity contribution < 1.29 is 0 Å². The average molecular weight is 351 g/mol. The Bertz CT molecular complexity index is 948. The number of hydrogen-bond acceptors (Lipinski definition) is 4. The van der Waals surface area contributed by atoms with Crippen LogP contribution in [-0.2, 0) is 6.54 Å². The number of H-pyrrole nitrogens is 1. The lowest BCUT2D eigenvalue weighted by Crippen LogP contribution is -2.29. The Kier molecular flexibility index (Phi) is 4.59. The molecule has 1 aromatic carbocycles. The van der Waals surface area contributed by atoms with Crippen molar-refractivity contribution >= 4 is 5.78 Å². The highest BCUT2D eigenvalue weighted by atomic mass is 16.1. The number of hydrogen-bond donors (Lipinski definition) is 1. The van der Waals surface area contributed by atoms with E-state index in [0.29, 0.717) is 5.78 Å². The summed E-state index contributed by atoms with van der Waals surface area (Å²) in [4.78, 5) is 22.7. The lowest BCUT2D eigenvalue weighted by atomic mass is 9.97. The zero-order chi connectivity index (χ0) is 18.1. The van der Waals surface area contributed by atoms with Crippen molar-refractivity contribution in [1.82, 2.24) is 24.5 Å². The van der Waals surface area contributed by atoms with Crippen LogP contribution in [0.5, 0.6) is 0 Å². The molecule has 0 atom stereocenters. The predicted molar refractivity (Wildman–Crippen MR) is 102 cm³/mol. The lowest BCUT2D eigenvalue weighted by Gasteiger charge is -2.26. The number of nitrogens with zero attached hydrogens (tertiary/aromatic N) is 4. The number of fused-ring (bicyclic) bond motifs is 1. The van der Waals surface area contributed by atoms with Gasteiger partial charge in [0.2, 0.25) is 5.78 Å². The molecular formula is C20H25N5O. The summed E-state index contributed by atoms with van der Waals surface area (Å²) in [5, 5.41) is 4.03. The first-order chi connectivity index (χ1) is 12.6. The second kappa shape index (κ2) is 7.03. The summed E-state index contributed by atoms with van der Waals surface area (Å²) in [7, 11) is 0. The highest BCUT2D eigenvalue weighted by Gasteiger charge is 2.18. The minimum atomic E-state index is -0.0985. The van der Waals surface area contributed by atoms with Gasteiger partial charge in [0.05, 0.1) is 5.69 Å². The molecule has 0 aliphatic carbocycles. The molecule has 2 aromatic heterocycles. The first kappa shape index (κ1) is 17.0. The molecule has 3 aromatic rings. The molecule has 3 heterocycles. The van der Waals surface area contributed by atoms with Gasteiger partial charge in [-0.25, -0.2) is 0 Å². The van der Waals surface area contributed by atoms with Crippen molar-refractivity contribution in [3.63, 3.8) is 0 Å². The third-order valence-corrected chi connectivity index (χ3v) is 5.15. The average Bonchev–Trinajstić information content (AvgIpc) is 3.12. The molecule has 26 heavy (non-hydrogen) atoms. The quantitative estimate of drug-likeness (QED) is 0.784. The fourth-order valence-corrected chi connectivity index (χ4v) is 3.79. The van der Waals surface area contributed by atoms with Gasteiger partial charge in [0.25, 0.3) is 5.56 Å². The van der Waals surface area contributed by atoms with Gasteiger partial charge < -0.3 is 4.98 Å². The van der Waals surface area contributed by atoms with Gasteiger partial charge in [0.15, 0.2) is 0 Å². The summed E-state index contributed by atoms with van der Waals surface area (Å²) >= 11 is 0. The van der Waals surface area contributed by atoms with E-state index >= 15 is 0 Å². The van der Waals surface area contributed by atoms with Crippen molar-refractivity contribution in [2.45, 2.75) is 45.6 Å². The molecule has 1 N–H and O–H groups in total. The molecule has 136 valence electrons. The summed E-state index contributed by atoms with van der Waals surface area (Å²) in [6.45, 7) is 7.44. The molecule has 0 radical (unpaired) electrons. The van der Waals surface area contributed by atoms with E-state index in [1.165, 1.54) is 48.8 Å². The third-order valence-electron chi connectivity index (χ3n) is 5.15. The van der Waals surface area contributed by atoms with Gasteiger partial charge >= 0.3 is 0 Å². The van der Waals surface area contributed by atoms with Crippen molar-refractivity contribution in [1.29, 1.82) is 0 Å². The van der Waals surface area contributed by atoms with Crippen molar-refractivity contribution in [3.05, 3.63) is 52.1 Å². The number of likely N-dealkylation sites (tertiary alicyclic amines) is 1. The van der Waals surface area contributed by atoms with Crippen LogP contribution in [0.1, 0.15) is 50.2 Å². The summed E-state index contributed by atoms with van der Waals surface area (Å²) in [6.07, 6.45) is 5.36. The van der Waals surface area contributed by atoms with Crippen LogP contribution in [0.15, 0.2) is 35.4 Å². The molecule has 1 saturated heterocycles. The molecule has 0 bridgehead atoms. The first-order valence-electron chi connectivity index (χ1n) is 9.41. The van der Waals surface area contributed by atoms with E-state index in [9.17, 15) is 4.79 Å². The maximum Gasteiger partial charge on any atom is 0.279 e. The number of piperidine rings is 1. The maximum atomic E-state index is 12.8. The minimum absolute atomic E-state index is 0.0929. The van der Waals surface area contributed by atoms with E-state index in [1.54, 1.807) is 0 Å².